The summed E-state index contributed by atoms with van der Waals surface area (Å²) < 4.78 is 33.6. The van der Waals surface area contributed by atoms with Crippen molar-refractivity contribution in [1.29, 1.82) is 0 Å². The van der Waals surface area contributed by atoms with Crippen LogP contribution in [0.3, 0.4) is 0 Å². The van der Waals surface area contributed by atoms with Crippen LogP contribution in [0.15, 0.2) is 85.1 Å². The van der Waals surface area contributed by atoms with Crippen molar-refractivity contribution < 1.29 is 32.8 Å². The van der Waals surface area contributed by atoms with E-state index in [9.17, 15) is 14.3 Å². The Balaban J connectivity index is 4.01. The first-order chi connectivity index (χ1) is 30.4. The quantitative estimate of drug-likeness (QED) is 0.0269. The average Bonchev–Trinajstić information content (AvgIpc) is 3.26. The summed E-state index contributed by atoms with van der Waals surface area (Å²) in [5.74, 6) is -0.344. The molecule has 3 N–H and O–H groups in total. The highest BCUT2D eigenvalue weighted by atomic mass is 31.2. The van der Waals surface area contributed by atoms with Crippen LogP contribution in [-0.4, -0.2) is 49.9 Å². The number of hydrogen-bond acceptors (Lipinski definition) is 7. The minimum atomic E-state index is -4.29. The number of hydrogen-bond donors (Lipinski definition) is 2. The molecule has 8 nitrogen and oxygen atoms in total. The summed E-state index contributed by atoms with van der Waals surface area (Å²) in [4.78, 5) is 22.6. The van der Waals surface area contributed by atoms with Crippen LogP contribution in [0.25, 0.3) is 0 Å². The second-order valence-corrected chi connectivity index (χ2v) is 17.7. The third-order valence-corrected chi connectivity index (χ3v) is 11.3. The molecule has 0 saturated carbocycles. The number of rotatable bonds is 47. The van der Waals surface area contributed by atoms with Gasteiger partial charge in [-0.3, -0.25) is 13.8 Å². The SMILES string of the molecule is CC/C=C\C/C=C\C/C=C\C/C=C\C/C=C\CCCCCCCCCC(=O)OC(COCCCCCCCCCCCC/C=C\C/C=C\CCCCC)COP(=O)(O)OCCN. The number of unbranched alkanes of at least 4 members (excludes halogenated alkanes) is 20. The lowest BCUT2D eigenvalue weighted by molar-refractivity contribution is -0.154. The van der Waals surface area contributed by atoms with Gasteiger partial charge < -0.3 is 20.1 Å². The number of nitrogens with two attached hydrogens (primary N) is 1. The third kappa shape index (κ3) is 48.7. The summed E-state index contributed by atoms with van der Waals surface area (Å²) in [5.41, 5.74) is 5.39. The molecule has 0 rings (SSSR count). The van der Waals surface area contributed by atoms with E-state index in [4.69, 9.17) is 24.3 Å². The fourth-order valence-corrected chi connectivity index (χ4v) is 7.41. The van der Waals surface area contributed by atoms with E-state index in [2.05, 4.69) is 98.9 Å². The van der Waals surface area contributed by atoms with Crippen LogP contribution in [0, 0.1) is 0 Å². The zero-order valence-corrected chi connectivity index (χ0v) is 40.7. The summed E-state index contributed by atoms with van der Waals surface area (Å²) in [6.07, 6.45) is 64.6. The van der Waals surface area contributed by atoms with E-state index in [1.807, 2.05) is 0 Å². The summed E-state index contributed by atoms with van der Waals surface area (Å²) in [6, 6.07) is 0. The molecule has 358 valence electrons. The van der Waals surface area contributed by atoms with Crippen LogP contribution in [0.1, 0.15) is 206 Å². The molecule has 0 aliphatic rings. The summed E-state index contributed by atoms with van der Waals surface area (Å²) in [6.45, 7) is 4.76. The van der Waals surface area contributed by atoms with Crippen LogP contribution in [0.4, 0.5) is 0 Å². The van der Waals surface area contributed by atoms with Crippen LogP contribution in [0.5, 0.6) is 0 Å². The fraction of sp³-hybridized carbons (Fsp3) is 0.717. The molecule has 0 saturated heterocycles. The molecule has 0 bridgehead atoms. The van der Waals surface area contributed by atoms with E-state index in [-0.39, 0.29) is 32.3 Å². The monoisotopic (exact) mass is 888 g/mol. The van der Waals surface area contributed by atoms with E-state index in [1.165, 1.54) is 103 Å². The summed E-state index contributed by atoms with van der Waals surface area (Å²) in [5, 5.41) is 0. The van der Waals surface area contributed by atoms with Gasteiger partial charge >= 0.3 is 13.8 Å². The van der Waals surface area contributed by atoms with Crippen molar-refractivity contribution in [2.24, 2.45) is 5.73 Å². The Morgan fingerprint density at radius 1 is 0.500 bits per heavy atom. The van der Waals surface area contributed by atoms with Crippen LogP contribution in [-0.2, 0) is 27.9 Å². The lowest BCUT2D eigenvalue weighted by Crippen LogP contribution is -2.28. The Labute approximate surface area is 381 Å². The Morgan fingerprint density at radius 2 is 0.903 bits per heavy atom. The molecule has 0 amide bonds. The molecule has 0 aromatic rings. The van der Waals surface area contributed by atoms with Gasteiger partial charge in [0.15, 0.2) is 0 Å². The third-order valence-electron chi connectivity index (χ3n) is 10.3. The van der Waals surface area contributed by atoms with E-state index < -0.39 is 13.9 Å². The molecule has 9 heteroatoms. The molecule has 0 fully saturated rings. The van der Waals surface area contributed by atoms with E-state index in [1.54, 1.807) is 0 Å². The standard InChI is InChI=1S/C53H94NO7P/c1-3-5-7-9-11-13-15-17-19-21-23-25-26-27-28-30-32-34-36-38-40-42-44-46-53(55)61-52(51-60-62(56,57)59-49-47-54)50-58-48-45-43-41-39-37-35-33-31-29-24-22-20-18-16-14-12-10-8-6-4-2/h5,7,11-14,17-20,23,25,27-28,52H,3-4,6,8-10,15-16,21-22,24,26,29-51,54H2,1-2H3,(H,56,57)/b7-5-,13-11-,14-12-,19-17-,20-18-,25-23-,28-27-. The van der Waals surface area contributed by atoms with E-state index in [0.29, 0.717) is 13.0 Å². The molecular weight excluding hydrogens is 794 g/mol. The lowest BCUT2D eigenvalue weighted by Gasteiger charge is -2.20. The van der Waals surface area contributed by atoms with Crippen LogP contribution < -0.4 is 5.73 Å². The number of esters is 1. The van der Waals surface area contributed by atoms with Gasteiger partial charge in [-0.2, -0.15) is 0 Å². The second-order valence-electron chi connectivity index (χ2n) is 16.3. The van der Waals surface area contributed by atoms with Gasteiger partial charge in [-0.1, -0.05) is 195 Å². The van der Waals surface area contributed by atoms with E-state index >= 15 is 0 Å². The van der Waals surface area contributed by atoms with Gasteiger partial charge in [-0.15, -0.1) is 0 Å². The van der Waals surface area contributed by atoms with E-state index in [0.717, 1.165) is 83.5 Å². The Bertz CT molecular complexity index is 1220. The highest BCUT2D eigenvalue weighted by Gasteiger charge is 2.25. The molecule has 0 radical (unpaired) electrons. The van der Waals surface area contributed by atoms with Crippen molar-refractivity contribution in [2.45, 2.75) is 213 Å². The van der Waals surface area contributed by atoms with Gasteiger partial charge in [-0.25, -0.2) is 4.57 Å². The lowest BCUT2D eigenvalue weighted by atomic mass is 10.1. The Hall–Kier alpha value is -2.32. The average molecular weight is 888 g/mol. The zero-order chi connectivity index (χ0) is 45.1. The number of phosphoric ester groups is 1. The van der Waals surface area contributed by atoms with Crippen molar-refractivity contribution in [3.8, 4) is 0 Å². The van der Waals surface area contributed by atoms with Gasteiger partial charge in [-0.05, 0) is 89.9 Å². The molecule has 2 unspecified atom stereocenters. The van der Waals surface area contributed by atoms with Crippen molar-refractivity contribution in [3.05, 3.63) is 85.1 Å². The molecule has 0 aromatic carbocycles. The van der Waals surface area contributed by atoms with Crippen molar-refractivity contribution in [2.75, 3.05) is 33.0 Å². The predicted octanol–water partition coefficient (Wildman–Crippen LogP) is 15.6. The molecule has 2 atom stereocenters. The minimum Gasteiger partial charge on any atom is -0.457 e. The minimum absolute atomic E-state index is 0.0937. The maximum atomic E-state index is 12.7. The first-order valence-corrected chi connectivity index (χ1v) is 26.6. The molecule has 0 spiro atoms. The summed E-state index contributed by atoms with van der Waals surface area (Å²) in [7, 11) is -4.29. The van der Waals surface area contributed by atoms with Crippen LogP contribution in [0.2, 0.25) is 0 Å². The molecule has 0 heterocycles. The van der Waals surface area contributed by atoms with Gasteiger partial charge in [0.05, 0.1) is 19.8 Å². The highest BCUT2D eigenvalue weighted by Crippen LogP contribution is 2.43. The maximum absolute atomic E-state index is 12.7. The fourth-order valence-electron chi connectivity index (χ4n) is 6.64. The number of ether oxygens (including phenoxy) is 2. The van der Waals surface area contributed by atoms with Crippen LogP contribution >= 0.6 is 7.82 Å². The van der Waals surface area contributed by atoms with Crippen molar-refractivity contribution >= 4 is 13.8 Å². The Morgan fingerprint density at radius 3 is 1.35 bits per heavy atom. The molecular formula is C53H94NO7P. The highest BCUT2D eigenvalue weighted by molar-refractivity contribution is 7.47. The van der Waals surface area contributed by atoms with Gasteiger partial charge in [0.1, 0.15) is 6.10 Å². The smallest absolute Gasteiger partial charge is 0.457 e. The van der Waals surface area contributed by atoms with Crippen molar-refractivity contribution in [1.82, 2.24) is 0 Å². The number of carbonyl (C=O) groups excluding carboxylic acids is 1. The first kappa shape index (κ1) is 59.7. The van der Waals surface area contributed by atoms with Crippen molar-refractivity contribution in [3.63, 3.8) is 0 Å². The van der Waals surface area contributed by atoms with Gasteiger partial charge in [0, 0.05) is 19.6 Å². The maximum Gasteiger partial charge on any atom is 0.472 e. The second kappa shape index (κ2) is 49.7. The summed E-state index contributed by atoms with van der Waals surface area (Å²) >= 11 is 0. The molecule has 0 aliphatic carbocycles. The first-order valence-electron chi connectivity index (χ1n) is 25.1. The number of carbonyl (C=O) groups is 1. The number of allylic oxidation sites excluding steroid dienone is 14. The normalized spacial score (nSPS) is 14.1. The molecule has 0 aliphatic heterocycles. The largest absolute Gasteiger partial charge is 0.472 e. The topological polar surface area (TPSA) is 117 Å². The molecule has 0 aromatic heterocycles. The molecule has 62 heavy (non-hydrogen) atoms. The Kier molecular flexibility index (Phi) is 47.8. The van der Waals surface area contributed by atoms with Gasteiger partial charge in [0.2, 0.25) is 0 Å². The predicted molar refractivity (Wildman–Crippen MR) is 265 cm³/mol. The number of phosphoric acid groups is 1. The zero-order valence-electron chi connectivity index (χ0n) is 39.8. The van der Waals surface area contributed by atoms with Gasteiger partial charge in [0.25, 0.3) is 0 Å².